The van der Waals surface area contributed by atoms with Crippen molar-refractivity contribution >= 4 is 17.1 Å². The molecular formula is C23H25N. The molecule has 0 bridgehead atoms. The fourth-order valence-corrected chi connectivity index (χ4v) is 2.51. The maximum atomic E-state index is 3.36. The van der Waals surface area contributed by atoms with Crippen LogP contribution in [0.15, 0.2) is 91.5 Å². The van der Waals surface area contributed by atoms with Crippen LogP contribution in [0.25, 0.3) is 0 Å². The maximum absolute atomic E-state index is 3.36. The van der Waals surface area contributed by atoms with Crippen LogP contribution in [0, 0.1) is 13.8 Å². The molecule has 3 aromatic rings. The zero-order chi connectivity index (χ0) is 17.4. The SMILES string of the molecule is C=CC.Cc1ccc(N(c2ccccc2)c2ccccc2C)cc1. The van der Waals surface area contributed by atoms with E-state index < -0.39 is 0 Å². The van der Waals surface area contributed by atoms with Gasteiger partial charge >= 0.3 is 0 Å². The first-order valence-corrected chi connectivity index (χ1v) is 8.22. The van der Waals surface area contributed by atoms with Gasteiger partial charge in [-0.3, -0.25) is 0 Å². The van der Waals surface area contributed by atoms with Crippen LogP contribution in [0.3, 0.4) is 0 Å². The minimum atomic E-state index is 1.18. The van der Waals surface area contributed by atoms with E-state index in [-0.39, 0.29) is 0 Å². The Labute approximate surface area is 145 Å². The minimum Gasteiger partial charge on any atom is -0.310 e. The highest BCUT2D eigenvalue weighted by Gasteiger charge is 2.13. The van der Waals surface area contributed by atoms with Gasteiger partial charge in [-0.15, -0.1) is 6.58 Å². The maximum Gasteiger partial charge on any atom is 0.0490 e. The van der Waals surface area contributed by atoms with E-state index in [0.717, 1.165) is 0 Å². The third kappa shape index (κ3) is 4.36. The Hall–Kier alpha value is -2.80. The van der Waals surface area contributed by atoms with Crippen LogP contribution in [0.5, 0.6) is 0 Å². The van der Waals surface area contributed by atoms with Crippen LogP contribution < -0.4 is 4.90 Å². The Balaban J connectivity index is 0.000000647. The molecule has 0 fully saturated rings. The van der Waals surface area contributed by atoms with E-state index in [2.05, 4.69) is 104 Å². The summed E-state index contributed by atoms with van der Waals surface area (Å²) in [4.78, 5) is 2.30. The molecular weight excluding hydrogens is 290 g/mol. The predicted molar refractivity (Wildman–Crippen MR) is 106 cm³/mol. The van der Waals surface area contributed by atoms with E-state index in [1.54, 1.807) is 6.08 Å². The lowest BCUT2D eigenvalue weighted by molar-refractivity contribution is 1.24. The summed E-state index contributed by atoms with van der Waals surface area (Å²) in [6.45, 7) is 9.52. The summed E-state index contributed by atoms with van der Waals surface area (Å²) >= 11 is 0. The van der Waals surface area contributed by atoms with Crippen molar-refractivity contribution in [1.82, 2.24) is 0 Å². The molecule has 3 rings (SSSR count). The second-order valence-corrected chi connectivity index (χ2v) is 5.70. The molecule has 0 unspecified atom stereocenters. The number of hydrogen-bond donors (Lipinski definition) is 0. The number of benzene rings is 3. The molecule has 0 aliphatic rings. The number of allylic oxidation sites excluding steroid dienone is 1. The van der Waals surface area contributed by atoms with Gasteiger partial charge in [0.15, 0.2) is 0 Å². The van der Waals surface area contributed by atoms with E-state index in [0.29, 0.717) is 0 Å². The molecule has 0 amide bonds. The normalized spacial score (nSPS) is 9.62. The molecule has 0 spiro atoms. The van der Waals surface area contributed by atoms with Crippen LogP contribution in [0.4, 0.5) is 17.1 Å². The number of anilines is 3. The zero-order valence-corrected chi connectivity index (χ0v) is 14.7. The standard InChI is InChI=1S/C20H19N.C3H6/c1-16-12-14-19(15-13-16)21(18-9-4-3-5-10-18)20-11-7-6-8-17(20)2;1-3-2/h3-15H,1-2H3;3H,1H2,2H3. The summed E-state index contributed by atoms with van der Waals surface area (Å²) in [5.74, 6) is 0. The molecule has 0 N–H and O–H groups in total. The zero-order valence-electron chi connectivity index (χ0n) is 14.7. The molecule has 0 heterocycles. The van der Waals surface area contributed by atoms with Gasteiger partial charge in [0.1, 0.15) is 0 Å². The Morgan fingerprint density at radius 1 is 0.708 bits per heavy atom. The van der Waals surface area contributed by atoms with Crippen molar-refractivity contribution in [2.45, 2.75) is 20.8 Å². The highest BCUT2D eigenvalue weighted by atomic mass is 15.1. The second kappa shape index (κ2) is 8.73. The largest absolute Gasteiger partial charge is 0.310 e. The molecule has 0 aliphatic heterocycles. The molecule has 0 radical (unpaired) electrons. The molecule has 1 heteroatoms. The van der Waals surface area contributed by atoms with Crippen molar-refractivity contribution in [1.29, 1.82) is 0 Å². The minimum absolute atomic E-state index is 1.18. The highest BCUT2D eigenvalue weighted by molar-refractivity contribution is 5.78. The van der Waals surface area contributed by atoms with Gasteiger partial charge in [0, 0.05) is 17.1 Å². The molecule has 24 heavy (non-hydrogen) atoms. The Bertz CT molecular complexity index is 758. The lowest BCUT2D eigenvalue weighted by atomic mass is 10.1. The average molecular weight is 315 g/mol. The van der Waals surface area contributed by atoms with E-state index >= 15 is 0 Å². The molecule has 0 saturated heterocycles. The molecule has 1 nitrogen and oxygen atoms in total. The van der Waals surface area contributed by atoms with Gasteiger partial charge in [-0.05, 0) is 56.7 Å². The highest BCUT2D eigenvalue weighted by Crippen LogP contribution is 2.35. The average Bonchev–Trinajstić information content (AvgIpc) is 2.60. The Morgan fingerprint density at radius 3 is 1.79 bits per heavy atom. The van der Waals surface area contributed by atoms with E-state index in [1.165, 1.54) is 28.2 Å². The summed E-state index contributed by atoms with van der Waals surface area (Å²) in [6, 6.07) is 27.7. The number of rotatable bonds is 3. The smallest absolute Gasteiger partial charge is 0.0490 e. The number of hydrogen-bond acceptors (Lipinski definition) is 1. The first-order valence-electron chi connectivity index (χ1n) is 8.22. The number of para-hydroxylation sites is 2. The Morgan fingerprint density at radius 2 is 1.21 bits per heavy atom. The fraction of sp³-hybridized carbons (Fsp3) is 0.130. The van der Waals surface area contributed by atoms with Gasteiger partial charge in [-0.2, -0.15) is 0 Å². The van der Waals surface area contributed by atoms with Gasteiger partial charge in [0.05, 0.1) is 0 Å². The summed E-state index contributed by atoms with van der Waals surface area (Å²) in [7, 11) is 0. The van der Waals surface area contributed by atoms with Crippen molar-refractivity contribution in [3.05, 3.63) is 103 Å². The molecule has 3 aromatic carbocycles. The topological polar surface area (TPSA) is 3.24 Å². The van der Waals surface area contributed by atoms with Crippen molar-refractivity contribution in [3.8, 4) is 0 Å². The molecule has 0 saturated carbocycles. The van der Waals surface area contributed by atoms with Gasteiger partial charge in [0.2, 0.25) is 0 Å². The summed E-state index contributed by atoms with van der Waals surface area (Å²) < 4.78 is 0. The fourth-order valence-electron chi connectivity index (χ4n) is 2.51. The molecule has 0 aromatic heterocycles. The number of nitrogens with zero attached hydrogens (tertiary/aromatic N) is 1. The Kier molecular flexibility index (Phi) is 6.39. The van der Waals surface area contributed by atoms with Crippen LogP contribution in [0.1, 0.15) is 18.1 Å². The predicted octanol–water partition coefficient (Wildman–Crippen LogP) is 6.97. The van der Waals surface area contributed by atoms with Crippen molar-refractivity contribution in [3.63, 3.8) is 0 Å². The molecule has 0 aliphatic carbocycles. The quantitative estimate of drug-likeness (QED) is 0.472. The first-order chi connectivity index (χ1) is 11.7. The van der Waals surface area contributed by atoms with Gasteiger partial charge < -0.3 is 4.90 Å². The van der Waals surface area contributed by atoms with Gasteiger partial charge in [0.25, 0.3) is 0 Å². The van der Waals surface area contributed by atoms with Crippen LogP contribution >= 0.6 is 0 Å². The van der Waals surface area contributed by atoms with Gasteiger partial charge in [-0.25, -0.2) is 0 Å². The lowest BCUT2D eigenvalue weighted by Crippen LogP contribution is -2.11. The van der Waals surface area contributed by atoms with Crippen LogP contribution in [0.2, 0.25) is 0 Å². The summed E-state index contributed by atoms with van der Waals surface area (Å²) in [6.07, 6.45) is 1.75. The lowest BCUT2D eigenvalue weighted by Gasteiger charge is -2.27. The van der Waals surface area contributed by atoms with Crippen molar-refractivity contribution < 1.29 is 0 Å². The van der Waals surface area contributed by atoms with E-state index in [1.807, 2.05) is 6.92 Å². The third-order valence-corrected chi connectivity index (χ3v) is 3.66. The van der Waals surface area contributed by atoms with E-state index in [9.17, 15) is 0 Å². The van der Waals surface area contributed by atoms with Crippen LogP contribution in [-0.2, 0) is 0 Å². The second-order valence-electron chi connectivity index (χ2n) is 5.70. The summed E-state index contributed by atoms with van der Waals surface area (Å²) in [5, 5.41) is 0. The third-order valence-electron chi connectivity index (χ3n) is 3.66. The molecule has 122 valence electrons. The van der Waals surface area contributed by atoms with Crippen molar-refractivity contribution in [2.24, 2.45) is 0 Å². The monoisotopic (exact) mass is 315 g/mol. The number of aryl methyl sites for hydroxylation is 2. The van der Waals surface area contributed by atoms with Gasteiger partial charge in [-0.1, -0.05) is 60.2 Å². The summed E-state index contributed by atoms with van der Waals surface area (Å²) in [5.41, 5.74) is 6.11. The first kappa shape index (κ1) is 17.6. The van der Waals surface area contributed by atoms with Crippen molar-refractivity contribution in [2.75, 3.05) is 4.90 Å². The molecule has 0 atom stereocenters. The van der Waals surface area contributed by atoms with E-state index in [4.69, 9.17) is 0 Å². The van der Waals surface area contributed by atoms with Crippen LogP contribution in [-0.4, -0.2) is 0 Å².